The smallest absolute Gasteiger partial charge is 0.119 e. The summed E-state index contributed by atoms with van der Waals surface area (Å²) in [4.78, 5) is 0. The molecular weight excluding hydrogens is 188 g/mol. The van der Waals surface area contributed by atoms with Crippen LogP contribution in [0.4, 0.5) is 0 Å². The van der Waals surface area contributed by atoms with Crippen molar-refractivity contribution in [2.45, 2.75) is 19.8 Å². The highest BCUT2D eigenvalue weighted by molar-refractivity contribution is 5.35. The third kappa shape index (κ3) is 3.76. The molecule has 0 aliphatic rings. The molecule has 1 aromatic carbocycles. The summed E-state index contributed by atoms with van der Waals surface area (Å²) in [5.74, 6) is 0.904. The van der Waals surface area contributed by atoms with E-state index < -0.39 is 0 Å². The molecule has 0 aliphatic heterocycles. The lowest BCUT2D eigenvalue weighted by Gasteiger charge is -2.06. The maximum Gasteiger partial charge on any atom is 0.119 e. The predicted octanol–water partition coefficient (Wildman–Crippen LogP) is 2.48. The molecule has 1 rings (SSSR count). The molecular formula is C13H18O2. The molecule has 0 radical (unpaired) electrons. The molecule has 0 unspecified atom stereocenters. The fourth-order valence-corrected chi connectivity index (χ4v) is 1.48. The zero-order valence-corrected chi connectivity index (χ0v) is 9.36. The van der Waals surface area contributed by atoms with Gasteiger partial charge < -0.3 is 9.84 Å². The minimum Gasteiger partial charge on any atom is -0.497 e. The Labute approximate surface area is 91.2 Å². The normalized spacial score (nSPS) is 10.9. The molecule has 0 saturated carbocycles. The van der Waals surface area contributed by atoms with Crippen molar-refractivity contribution in [1.82, 2.24) is 0 Å². The average Bonchev–Trinajstić information content (AvgIpc) is 2.26. The average molecular weight is 206 g/mol. The van der Waals surface area contributed by atoms with Crippen molar-refractivity contribution >= 4 is 0 Å². The third-order valence-corrected chi connectivity index (χ3v) is 2.41. The first kappa shape index (κ1) is 11.8. The Morgan fingerprint density at radius 3 is 2.80 bits per heavy atom. The minimum absolute atomic E-state index is 0.122. The van der Waals surface area contributed by atoms with Gasteiger partial charge in [-0.1, -0.05) is 18.2 Å². The van der Waals surface area contributed by atoms with E-state index in [4.69, 9.17) is 9.84 Å². The Kier molecular flexibility index (Phi) is 4.91. The summed E-state index contributed by atoms with van der Waals surface area (Å²) in [6.45, 7) is 2.22. The summed E-state index contributed by atoms with van der Waals surface area (Å²) < 4.78 is 5.18. The lowest BCUT2D eigenvalue weighted by molar-refractivity contribution is 0.342. The molecule has 0 bridgehead atoms. The van der Waals surface area contributed by atoms with Gasteiger partial charge in [0.05, 0.1) is 13.7 Å². The Bertz CT molecular complexity index is 329. The second kappa shape index (κ2) is 6.25. The molecule has 1 aromatic rings. The molecule has 2 nitrogen and oxygen atoms in total. The zero-order chi connectivity index (χ0) is 11.1. The first-order valence-electron chi connectivity index (χ1n) is 5.17. The molecule has 0 atom stereocenters. The predicted molar refractivity (Wildman–Crippen MR) is 62.3 cm³/mol. The quantitative estimate of drug-likeness (QED) is 0.750. The molecule has 0 saturated heterocycles. The minimum atomic E-state index is 0.122. The second-order valence-electron chi connectivity index (χ2n) is 3.49. The van der Waals surface area contributed by atoms with Crippen LogP contribution < -0.4 is 4.74 Å². The SMILES string of the molecule is COc1ccc(C)c(CC/C=C/CO)c1. The van der Waals surface area contributed by atoms with Crippen molar-refractivity contribution < 1.29 is 9.84 Å². The number of methoxy groups -OCH3 is 1. The zero-order valence-electron chi connectivity index (χ0n) is 9.36. The number of hydrogen-bond donors (Lipinski definition) is 1. The van der Waals surface area contributed by atoms with E-state index in [0.717, 1.165) is 18.6 Å². The van der Waals surface area contributed by atoms with Crippen molar-refractivity contribution in [3.05, 3.63) is 41.5 Å². The van der Waals surface area contributed by atoms with Crippen LogP contribution in [0.2, 0.25) is 0 Å². The van der Waals surface area contributed by atoms with Crippen LogP contribution in [0.5, 0.6) is 5.75 Å². The highest BCUT2D eigenvalue weighted by Gasteiger charge is 1.99. The van der Waals surface area contributed by atoms with Gasteiger partial charge in [0.2, 0.25) is 0 Å². The van der Waals surface area contributed by atoms with Crippen molar-refractivity contribution in [3.63, 3.8) is 0 Å². The van der Waals surface area contributed by atoms with Crippen LogP contribution in [0, 0.1) is 6.92 Å². The Morgan fingerprint density at radius 2 is 2.13 bits per heavy atom. The highest BCUT2D eigenvalue weighted by Crippen LogP contribution is 2.18. The highest BCUT2D eigenvalue weighted by atomic mass is 16.5. The molecule has 0 aliphatic carbocycles. The fourth-order valence-electron chi connectivity index (χ4n) is 1.48. The topological polar surface area (TPSA) is 29.5 Å². The van der Waals surface area contributed by atoms with Crippen LogP contribution in [0.25, 0.3) is 0 Å². The van der Waals surface area contributed by atoms with Gasteiger partial charge in [0.1, 0.15) is 5.75 Å². The van der Waals surface area contributed by atoms with Gasteiger partial charge in [0, 0.05) is 0 Å². The summed E-state index contributed by atoms with van der Waals surface area (Å²) in [5.41, 5.74) is 2.59. The number of aliphatic hydroxyl groups excluding tert-OH is 1. The van der Waals surface area contributed by atoms with Gasteiger partial charge in [-0.05, 0) is 43.0 Å². The number of benzene rings is 1. The number of ether oxygens (including phenoxy) is 1. The van der Waals surface area contributed by atoms with Crippen LogP contribution in [0.3, 0.4) is 0 Å². The first-order chi connectivity index (χ1) is 7.27. The van der Waals surface area contributed by atoms with Crippen LogP contribution in [-0.2, 0) is 6.42 Å². The largest absolute Gasteiger partial charge is 0.497 e. The molecule has 82 valence electrons. The molecule has 1 N–H and O–H groups in total. The molecule has 0 heterocycles. The van der Waals surface area contributed by atoms with Crippen molar-refractivity contribution in [2.24, 2.45) is 0 Å². The van der Waals surface area contributed by atoms with Crippen molar-refractivity contribution in [1.29, 1.82) is 0 Å². The molecule has 0 fully saturated rings. The Hall–Kier alpha value is -1.28. The van der Waals surface area contributed by atoms with Gasteiger partial charge in [-0.15, -0.1) is 0 Å². The second-order valence-corrected chi connectivity index (χ2v) is 3.49. The van der Waals surface area contributed by atoms with Gasteiger partial charge in [0.25, 0.3) is 0 Å². The maximum absolute atomic E-state index is 8.59. The monoisotopic (exact) mass is 206 g/mol. The van der Waals surface area contributed by atoms with Crippen LogP contribution in [0.1, 0.15) is 17.5 Å². The van der Waals surface area contributed by atoms with E-state index in [1.54, 1.807) is 13.2 Å². The molecule has 0 amide bonds. The van der Waals surface area contributed by atoms with E-state index in [-0.39, 0.29) is 6.61 Å². The van der Waals surface area contributed by atoms with Crippen molar-refractivity contribution in [3.8, 4) is 5.75 Å². The standard InChI is InChI=1S/C13H18O2/c1-11-7-8-13(15-2)10-12(11)6-4-3-5-9-14/h3,5,7-8,10,14H,4,6,9H2,1-2H3/b5-3+. The Morgan fingerprint density at radius 1 is 1.33 bits per heavy atom. The number of aliphatic hydroxyl groups is 1. The first-order valence-corrected chi connectivity index (χ1v) is 5.17. The Balaban J connectivity index is 2.62. The summed E-state index contributed by atoms with van der Waals surface area (Å²) in [5, 5.41) is 8.59. The van der Waals surface area contributed by atoms with E-state index in [9.17, 15) is 0 Å². The summed E-state index contributed by atoms with van der Waals surface area (Å²) in [6.07, 6.45) is 5.71. The van der Waals surface area contributed by atoms with Crippen LogP contribution >= 0.6 is 0 Å². The number of aryl methyl sites for hydroxylation is 2. The van der Waals surface area contributed by atoms with E-state index in [2.05, 4.69) is 19.1 Å². The maximum atomic E-state index is 8.59. The van der Waals surface area contributed by atoms with Gasteiger partial charge in [0.15, 0.2) is 0 Å². The molecule has 15 heavy (non-hydrogen) atoms. The van der Waals surface area contributed by atoms with E-state index in [1.165, 1.54) is 11.1 Å². The molecule has 2 heteroatoms. The molecule has 0 aromatic heterocycles. The number of rotatable bonds is 5. The van der Waals surface area contributed by atoms with Crippen LogP contribution in [-0.4, -0.2) is 18.8 Å². The summed E-state index contributed by atoms with van der Waals surface area (Å²) in [6, 6.07) is 6.12. The van der Waals surface area contributed by atoms with Crippen molar-refractivity contribution in [2.75, 3.05) is 13.7 Å². The van der Waals surface area contributed by atoms with Gasteiger partial charge in [-0.3, -0.25) is 0 Å². The van der Waals surface area contributed by atoms with Gasteiger partial charge in [-0.25, -0.2) is 0 Å². The number of hydrogen-bond acceptors (Lipinski definition) is 2. The van der Waals surface area contributed by atoms with Crippen LogP contribution in [0.15, 0.2) is 30.4 Å². The summed E-state index contributed by atoms with van der Waals surface area (Å²) >= 11 is 0. The van der Waals surface area contributed by atoms with E-state index in [1.807, 2.05) is 12.1 Å². The van der Waals surface area contributed by atoms with Gasteiger partial charge in [-0.2, -0.15) is 0 Å². The lowest BCUT2D eigenvalue weighted by Crippen LogP contribution is -1.91. The number of allylic oxidation sites excluding steroid dienone is 1. The van der Waals surface area contributed by atoms with E-state index in [0.29, 0.717) is 0 Å². The fraction of sp³-hybridized carbons (Fsp3) is 0.385. The summed E-state index contributed by atoms with van der Waals surface area (Å²) in [7, 11) is 1.68. The van der Waals surface area contributed by atoms with E-state index >= 15 is 0 Å². The third-order valence-electron chi connectivity index (χ3n) is 2.41. The lowest BCUT2D eigenvalue weighted by atomic mass is 10.0. The molecule has 0 spiro atoms. The van der Waals surface area contributed by atoms with Gasteiger partial charge >= 0.3 is 0 Å².